The average molecular weight is 523 g/mol. The standard InChI is InChI=1S/C27H31ClN6O3/c1-27(10-11-27)23(19-5-3-4-6-20(19)28)24(32-25(35)21-9-12-30-33(21)2)26(36)31-18-7-8-22(29-17-18)34-13-15-37-16-14-34/h3-9,12,17,23-24H,10-11,13-16H2,1-2H3,(H,31,36)(H,32,35)/t23?,24-/m0/s1. The maximum absolute atomic E-state index is 13.8. The van der Waals surface area contributed by atoms with Crippen LogP contribution in [0, 0.1) is 5.41 Å². The number of carbonyl (C=O) groups is 2. The van der Waals surface area contributed by atoms with Gasteiger partial charge in [0.05, 0.1) is 25.1 Å². The summed E-state index contributed by atoms with van der Waals surface area (Å²) < 4.78 is 6.90. The number of amides is 2. The van der Waals surface area contributed by atoms with Gasteiger partial charge >= 0.3 is 0 Å². The van der Waals surface area contributed by atoms with Crippen LogP contribution in [0.25, 0.3) is 0 Å². The van der Waals surface area contributed by atoms with Crippen molar-refractivity contribution >= 4 is 34.9 Å². The highest BCUT2D eigenvalue weighted by molar-refractivity contribution is 6.31. The van der Waals surface area contributed by atoms with E-state index < -0.39 is 6.04 Å². The molecule has 1 aliphatic heterocycles. The number of morpholine rings is 1. The van der Waals surface area contributed by atoms with Crippen LogP contribution in [0.15, 0.2) is 54.9 Å². The molecule has 3 heterocycles. The van der Waals surface area contributed by atoms with E-state index in [9.17, 15) is 9.59 Å². The van der Waals surface area contributed by atoms with Gasteiger partial charge in [-0.15, -0.1) is 0 Å². The Morgan fingerprint density at radius 3 is 2.49 bits per heavy atom. The molecule has 3 aromatic rings. The Kier molecular flexibility index (Phi) is 7.17. The monoisotopic (exact) mass is 522 g/mol. The third-order valence-corrected chi connectivity index (χ3v) is 7.68. The predicted octanol–water partition coefficient (Wildman–Crippen LogP) is 3.63. The van der Waals surface area contributed by atoms with Gasteiger partial charge in [-0.3, -0.25) is 14.3 Å². The average Bonchev–Trinajstić information content (AvgIpc) is 3.50. The summed E-state index contributed by atoms with van der Waals surface area (Å²) in [5, 5.41) is 10.7. The minimum absolute atomic E-state index is 0.175. The number of ether oxygens (including phenoxy) is 1. The molecule has 2 N–H and O–H groups in total. The van der Waals surface area contributed by atoms with Crippen molar-refractivity contribution in [3.05, 3.63) is 71.1 Å². The lowest BCUT2D eigenvalue weighted by atomic mass is 9.78. The number of aromatic nitrogens is 3. The Bertz CT molecular complexity index is 1270. The fourth-order valence-electron chi connectivity index (χ4n) is 4.96. The molecule has 2 aliphatic rings. The number of hydrogen-bond acceptors (Lipinski definition) is 6. The van der Waals surface area contributed by atoms with Gasteiger partial charge in [0.25, 0.3) is 5.91 Å². The quantitative estimate of drug-likeness (QED) is 0.468. The van der Waals surface area contributed by atoms with Gasteiger partial charge < -0.3 is 20.3 Å². The van der Waals surface area contributed by atoms with Crippen molar-refractivity contribution in [1.82, 2.24) is 20.1 Å². The molecular weight excluding hydrogens is 492 g/mol. The van der Waals surface area contributed by atoms with E-state index in [0.29, 0.717) is 29.6 Å². The smallest absolute Gasteiger partial charge is 0.270 e. The van der Waals surface area contributed by atoms with Crippen LogP contribution in [0.2, 0.25) is 5.02 Å². The van der Waals surface area contributed by atoms with E-state index in [0.717, 1.165) is 37.3 Å². The maximum Gasteiger partial charge on any atom is 0.270 e. The number of hydrogen-bond donors (Lipinski definition) is 2. The van der Waals surface area contributed by atoms with Crippen LogP contribution in [0.1, 0.15) is 41.7 Å². The highest BCUT2D eigenvalue weighted by atomic mass is 35.5. The minimum Gasteiger partial charge on any atom is -0.378 e. The molecule has 5 rings (SSSR count). The lowest BCUT2D eigenvalue weighted by Crippen LogP contribution is -2.50. The molecule has 9 nitrogen and oxygen atoms in total. The molecule has 37 heavy (non-hydrogen) atoms. The molecule has 2 atom stereocenters. The molecule has 1 aromatic carbocycles. The second-order valence-electron chi connectivity index (χ2n) is 9.94. The second kappa shape index (κ2) is 10.5. The Morgan fingerprint density at radius 2 is 1.86 bits per heavy atom. The number of carbonyl (C=O) groups excluding carboxylic acids is 2. The molecule has 1 unspecified atom stereocenters. The van der Waals surface area contributed by atoms with Gasteiger partial charge in [0.15, 0.2) is 0 Å². The van der Waals surface area contributed by atoms with Gasteiger partial charge in [-0.2, -0.15) is 5.10 Å². The predicted molar refractivity (Wildman–Crippen MR) is 142 cm³/mol. The van der Waals surface area contributed by atoms with E-state index in [1.807, 2.05) is 36.4 Å². The number of benzene rings is 1. The van der Waals surface area contributed by atoms with Gasteiger partial charge in [-0.05, 0) is 48.1 Å². The lowest BCUT2D eigenvalue weighted by molar-refractivity contribution is -0.119. The Balaban J connectivity index is 1.43. The number of halogens is 1. The Hall–Kier alpha value is -3.43. The summed E-state index contributed by atoms with van der Waals surface area (Å²) in [5.74, 6) is -0.183. The van der Waals surface area contributed by atoms with Crippen LogP contribution in [0.4, 0.5) is 11.5 Å². The van der Waals surface area contributed by atoms with Gasteiger partial charge in [0, 0.05) is 37.3 Å². The molecule has 2 aromatic heterocycles. The molecule has 1 saturated carbocycles. The molecule has 194 valence electrons. The van der Waals surface area contributed by atoms with E-state index in [4.69, 9.17) is 16.3 Å². The first-order valence-corrected chi connectivity index (χ1v) is 12.9. The third-order valence-electron chi connectivity index (χ3n) is 7.34. The molecule has 10 heteroatoms. The molecule has 1 aliphatic carbocycles. The Labute approximate surface area is 221 Å². The normalized spacial score (nSPS) is 18.1. The third kappa shape index (κ3) is 5.47. The molecule has 2 fully saturated rings. The summed E-state index contributed by atoms with van der Waals surface area (Å²) in [5.41, 5.74) is 1.59. The highest BCUT2D eigenvalue weighted by Crippen LogP contribution is 2.58. The zero-order valence-electron chi connectivity index (χ0n) is 21.0. The van der Waals surface area contributed by atoms with E-state index in [-0.39, 0.29) is 23.1 Å². The van der Waals surface area contributed by atoms with E-state index in [1.54, 1.807) is 25.5 Å². The number of nitrogens with zero attached hydrogens (tertiary/aromatic N) is 4. The summed E-state index contributed by atoms with van der Waals surface area (Å²) in [7, 11) is 1.69. The zero-order chi connectivity index (χ0) is 26.0. The van der Waals surface area contributed by atoms with Crippen LogP contribution < -0.4 is 15.5 Å². The largest absolute Gasteiger partial charge is 0.378 e. The highest BCUT2D eigenvalue weighted by Gasteiger charge is 2.51. The van der Waals surface area contributed by atoms with Gasteiger partial charge in [-0.1, -0.05) is 36.7 Å². The number of aryl methyl sites for hydroxylation is 1. The van der Waals surface area contributed by atoms with Crippen LogP contribution in [0.5, 0.6) is 0 Å². The topological polar surface area (TPSA) is 101 Å². The number of nitrogens with one attached hydrogen (secondary N) is 2. The molecule has 0 bridgehead atoms. The summed E-state index contributed by atoms with van der Waals surface area (Å²) >= 11 is 6.63. The van der Waals surface area contributed by atoms with Crippen molar-refractivity contribution in [1.29, 1.82) is 0 Å². The van der Waals surface area contributed by atoms with Gasteiger partial charge in [0.1, 0.15) is 17.6 Å². The van der Waals surface area contributed by atoms with Crippen molar-refractivity contribution in [2.75, 3.05) is 36.5 Å². The zero-order valence-corrected chi connectivity index (χ0v) is 21.7. The van der Waals surface area contributed by atoms with Crippen molar-refractivity contribution < 1.29 is 14.3 Å². The lowest BCUT2D eigenvalue weighted by Gasteiger charge is -2.33. The molecule has 2 amide bonds. The van der Waals surface area contributed by atoms with Crippen molar-refractivity contribution in [2.24, 2.45) is 12.5 Å². The fourth-order valence-corrected chi connectivity index (χ4v) is 5.22. The van der Waals surface area contributed by atoms with Crippen LogP contribution >= 0.6 is 11.6 Å². The second-order valence-corrected chi connectivity index (χ2v) is 10.3. The summed E-state index contributed by atoms with van der Waals surface area (Å²) in [6.07, 6.45) is 5.07. The SMILES string of the molecule is Cn1nccc1C(=O)N[C@H](C(=O)Nc1ccc(N2CCOCC2)nc1)C(c1ccccc1Cl)C1(C)CC1. The van der Waals surface area contributed by atoms with Gasteiger partial charge in [0.2, 0.25) is 5.91 Å². The first-order chi connectivity index (χ1) is 17.9. The van der Waals surface area contributed by atoms with Crippen LogP contribution in [-0.2, 0) is 16.6 Å². The number of pyridine rings is 1. The molecule has 1 saturated heterocycles. The maximum atomic E-state index is 13.8. The van der Waals surface area contributed by atoms with E-state index in [2.05, 4.69) is 32.5 Å². The fraction of sp³-hybridized carbons (Fsp3) is 0.407. The molecular formula is C27H31ClN6O3. The van der Waals surface area contributed by atoms with Crippen molar-refractivity contribution in [3.63, 3.8) is 0 Å². The van der Waals surface area contributed by atoms with E-state index in [1.165, 1.54) is 4.68 Å². The van der Waals surface area contributed by atoms with Crippen LogP contribution in [-0.4, -0.2) is 58.9 Å². The molecule has 0 spiro atoms. The van der Waals surface area contributed by atoms with Gasteiger partial charge in [-0.25, -0.2) is 4.98 Å². The Morgan fingerprint density at radius 1 is 1.11 bits per heavy atom. The first-order valence-electron chi connectivity index (χ1n) is 12.5. The van der Waals surface area contributed by atoms with Crippen LogP contribution in [0.3, 0.4) is 0 Å². The first kappa shape index (κ1) is 25.2. The van der Waals surface area contributed by atoms with E-state index >= 15 is 0 Å². The summed E-state index contributed by atoms with van der Waals surface area (Å²) in [6, 6.07) is 12.0. The molecule has 0 radical (unpaired) electrons. The number of rotatable bonds is 8. The van der Waals surface area contributed by atoms with Crippen molar-refractivity contribution in [2.45, 2.75) is 31.7 Å². The minimum atomic E-state index is -0.867. The summed E-state index contributed by atoms with van der Waals surface area (Å²) in [4.78, 5) is 33.8. The van der Waals surface area contributed by atoms with Crippen molar-refractivity contribution in [3.8, 4) is 0 Å². The number of anilines is 2. The summed E-state index contributed by atoms with van der Waals surface area (Å²) in [6.45, 7) is 5.02.